The molecule has 0 aliphatic heterocycles. The molecule has 0 saturated carbocycles. The third kappa shape index (κ3) is 6.18. The lowest BCUT2D eigenvalue weighted by atomic mass is 9.87. The van der Waals surface area contributed by atoms with E-state index in [2.05, 4.69) is 33.7 Å². The standard InChI is InChI=1S/C33H26ClN5O3S/c1-43(41,42)29-14-10-24(11-15-29)25-8-5-9-26(19-25)30(18-23-6-3-2-4-7-23)33-16-12-27(21-39(33)40)31-20-28(34)13-17-32(31)38-22-35-36-37-38/h2-17,19-22,30H,18H2,1H3/t30-/m1/s1. The summed E-state index contributed by atoms with van der Waals surface area (Å²) in [6, 6.07) is 34.0. The topological polar surface area (TPSA) is 105 Å². The van der Waals surface area contributed by atoms with E-state index in [0.29, 0.717) is 28.4 Å². The van der Waals surface area contributed by atoms with Crippen molar-refractivity contribution in [3.63, 3.8) is 0 Å². The van der Waals surface area contributed by atoms with Gasteiger partial charge in [0.2, 0.25) is 5.69 Å². The molecule has 0 bridgehead atoms. The monoisotopic (exact) mass is 607 g/mol. The third-order valence-electron chi connectivity index (χ3n) is 7.35. The highest BCUT2D eigenvalue weighted by Crippen LogP contribution is 2.33. The van der Waals surface area contributed by atoms with E-state index in [1.807, 2.05) is 54.6 Å². The Hall–Kier alpha value is -4.86. The molecule has 0 unspecified atom stereocenters. The molecular formula is C33H26ClN5O3S. The average molecular weight is 608 g/mol. The summed E-state index contributed by atoms with van der Waals surface area (Å²) < 4.78 is 26.3. The maximum atomic E-state index is 13.8. The zero-order chi connectivity index (χ0) is 30.0. The van der Waals surface area contributed by atoms with Crippen LogP contribution in [0.15, 0.2) is 127 Å². The van der Waals surface area contributed by atoms with E-state index in [1.54, 1.807) is 42.6 Å². The fourth-order valence-corrected chi connectivity index (χ4v) is 6.01. The van der Waals surface area contributed by atoms with Crippen molar-refractivity contribution < 1.29 is 13.1 Å². The van der Waals surface area contributed by atoms with E-state index < -0.39 is 9.84 Å². The zero-order valence-electron chi connectivity index (χ0n) is 23.1. The van der Waals surface area contributed by atoms with Gasteiger partial charge in [0.15, 0.2) is 16.0 Å². The summed E-state index contributed by atoms with van der Waals surface area (Å²) in [7, 11) is -3.30. The van der Waals surface area contributed by atoms with Gasteiger partial charge in [0.05, 0.1) is 16.5 Å². The maximum absolute atomic E-state index is 13.8. The molecule has 6 aromatic rings. The highest BCUT2D eigenvalue weighted by Gasteiger charge is 2.24. The number of halogens is 1. The molecular weight excluding hydrogens is 582 g/mol. The predicted octanol–water partition coefficient (Wildman–Crippen LogP) is 6.06. The maximum Gasteiger partial charge on any atom is 0.200 e. The van der Waals surface area contributed by atoms with Crippen LogP contribution in [-0.4, -0.2) is 34.9 Å². The van der Waals surface area contributed by atoms with Crippen LogP contribution in [0.1, 0.15) is 22.7 Å². The third-order valence-corrected chi connectivity index (χ3v) is 8.72. The first-order valence-corrected chi connectivity index (χ1v) is 15.7. The van der Waals surface area contributed by atoms with Gasteiger partial charge in [-0.05, 0) is 75.5 Å². The van der Waals surface area contributed by atoms with E-state index in [-0.39, 0.29) is 10.8 Å². The summed E-state index contributed by atoms with van der Waals surface area (Å²) >= 11 is 6.34. The van der Waals surface area contributed by atoms with Crippen molar-refractivity contribution in [2.24, 2.45) is 0 Å². The van der Waals surface area contributed by atoms with Crippen LogP contribution < -0.4 is 4.73 Å². The minimum atomic E-state index is -3.30. The minimum Gasteiger partial charge on any atom is -0.618 e. The van der Waals surface area contributed by atoms with Gasteiger partial charge < -0.3 is 5.21 Å². The second kappa shape index (κ2) is 11.8. The Morgan fingerprint density at radius 2 is 1.63 bits per heavy atom. The molecule has 1 atom stereocenters. The van der Waals surface area contributed by atoms with Crippen molar-refractivity contribution in [3.05, 3.63) is 149 Å². The van der Waals surface area contributed by atoms with E-state index in [1.165, 1.54) is 17.3 Å². The molecule has 43 heavy (non-hydrogen) atoms. The molecule has 10 heteroatoms. The van der Waals surface area contributed by atoms with Crippen molar-refractivity contribution in [1.82, 2.24) is 20.2 Å². The first-order valence-electron chi connectivity index (χ1n) is 13.5. The van der Waals surface area contributed by atoms with E-state index in [9.17, 15) is 13.6 Å². The second-order valence-corrected chi connectivity index (χ2v) is 12.7. The van der Waals surface area contributed by atoms with Gasteiger partial charge in [0.1, 0.15) is 6.33 Å². The molecule has 0 radical (unpaired) electrons. The molecule has 0 aliphatic carbocycles. The van der Waals surface area contributed by atoms with Gasteiger partial charge >= 0.3 is 0 Å². The number of tetrazole rings is 1. The molecule has 8 nitrogen and oxygen atoms in total. The van der Waals surface area contributed by atoms with Crippen molar-refractivity contribution in [2.45, 2.75) is 17.2 Å². The van der Waals surface area contributed by atoms with Crippen LogP contribution in [0, 0.1) is 5.21 Å². The van der Waals surface area contributed by atoms with Crippen LogP contribution in [-0.2, 0) is 16.3 Å². The first-order chi connectivity index (χ1) is 20.8. The Morgan fingerprint density at radius 1 is 0.860 bits per heavy atom. The highest BCUT2D eigenvalue weighted by atomic mass is 35.5. The van der Waals surface area contributed by atoms with Gasteiger partial charge in [-0.3, -0.25) is 0 Å². The zero-order valence-corrected chi connectivity index (χ0v) is 24.7. The molecule has 2 heterocycles. The predicted molar refractivity (Wildman–Crippen MR) is 166 cm³/mol. The van der Waals surface area contributed by atoms with Gasteiger partial charge in [-0.15, -0.1) is 5.10 Å². The molecule has 0 aliphatic rings. The van der Waals surface area contributed by atoms with E-state index in [4.69, 9.17) is 11.6 Å². The van der Waals surface area contributed by atoms with E-state index in [0.717, 1.165) is 32.5 Å². The number of rotatable bonds is 8. The quantitative estimate of drug-likeness (QED) is 0.154. The van der Waals surface area contributed by atoms with Gasteiger partial charge in [0, 0.05) is 28.5 Å². The first kappa shape index (κ1) is 28.3. The van der Waals surface area contributed by atoms with E-state index >= 15 is 0 Å². The fourth-order valence-electron chi connectivity index (χ4n) is 5.21. The fraction of sp³-hybridized carbons (Fsp3) is 0.0909. The van der Waals surface area contributed by atoms with Gasteiger partial charge in [-0.1, -0.05) is 78.3 Å². The lowest BCUT2D eigenvalue weighted by molar-refractivity contribution is -0.614. The number of nitrogens with zero attached hydrogens (tertiary/aromatic N) is 5. The highest BCUT2D eigenvalue weighted by molar-refractivity contribution is 7.90. The van der Waals surface area contributed by atoms with Crippen molar-refractivity contribution in [3.8, 4) is 27.9 Å². The van der Waals surface area contributed by atoms with Crippen LogP contribution in [0.3, 0.4) is 0 Å². The van der Waals surface area contributed by atoms with Crippen LogP contribution in [0.5, 0.6) is 0 Å². The lowest BCUT2D eigenvalue weighted by Gasteiger charge is -2.19. The number of aromatic nitrogens is 5. The minimum absolute atomic E-state index is 0.262. The van der Waals surface area contributed by atoms with Gasteiger partial charge in [-0.2, -0.15) is 9.41 Å². The summed E-state index contributed by atoms with van der Waals surface area (Å²) in [5.41, 5.74) is 6.53. The summed E-state index contributed by atoms with van der Waals surface area (Å²) in [6.45, 7) is 0. The number of sulfone groups is 1. The number of pyridine rings is 1. The number of hydrogen-bond donors (Lipinski definition) is 0. The Kier molecular flexibility index (Phi) is 7.75. The molecule has 0 amide bonds. The molecule has 4 aromatic carbocycles. The Balaban J connectivity index is 1.42. The molecule has 214 valence electrons. The Morgan fingerprint density at radius 3 is 2.33 bits per heavy atom. The summed E-state index contributed by atoms with van der Waals surface area (Å²) in [6.07, 6.45) is 4.84. The summed E-state index contributed by atoms with van der Waals surface area (Å²) in [4.78, 5) is 0.268. The van der Waals surface area contributed by atoms with Crippen LogP contribution >= 0.6 is 11.6 Å². The lowest BCUT2D eigenvalue weighted by Crippen LogP contribution is -2.34. The van der Waals surface area contributed by atoms with Crippen LogP contribution in [0.4, 0.5) is 0 Å². The van der Waals surface area contributed by atoms with Crippen molar-refractivity contribution >= 4 is 21.4 Å². The molecule has 2 aromatic heterocycles. The average Bonchev–Trinajstić information content (AvgIpc) is 3.55. The van der Waals surface area contributed by atoms with Crippen LogP contribution in [0.2, 0.25) is 5.02 Å². The summed E-state index contributed by atoms with van der Waals surface area (Å²) in [5, 5.41) is 25.8. The van der Waals surface area contributed by atoms with Crippen LogP contribution in [0.25, 0.3) is 27.9 Å². The normalized spacial score (nSPS) is 12.2. The largest absolute Gasteiger partial charge is 0.618 e. The molecule has 0 spiro atoms. The molecule has 0 N–H and O–H groups in total. The van der Waals surface area contributed by atoms with Gasteiger partial charge in [-0.25, -0.2) is 8.42 Å². The molecule has 6 rings (SSSR count). The smallest absolute Gasteiger partial charge is 0.200 e. The molecule has 0 fully saturated rings. The second-order valence-electron chi connectivity index (χ2n) is 10.2. The van der Waals surface area contributed by atoms with Crippen molar-refractivity contribution in [2.75, 3.05) is 6.26 Å². The Labute approximate surface area is 254 Å². The Bertz CT molecular complexity index is 2000. The number of benzene rings is 4. The van der Waals surface area contributed by atoms with Gasteiger partial charge in [0.25, 0.3) is 0 Å². The van der Waals surface area contributed by atoms with Crippen molar-refractivity contribution in [1.29, 1.82) is 0 Å². The SMILES string of the molecule is CS(=O)(=O)c1ccc(-c2cccc([C@@H](Cc3ccccc3)c3ccc(-c4cc(Cl)ccc4-n4cnnn4)c[n+]3[O-])c2)cc1. The number of hydrogen-bond acceptors (Lipinski definition) is 6. The molecule has 0 saturated heterocycles. The summed E-state index contributed by atoms with van der Waals surface area (Å²) in [5.74, 6) is -0.262.